The molecule has 0 saturated heterocycles. The average Bonchev–Trinajstić information content (AvgIpc) is 2.26. The molecule has 0 fully saturated rings. The van der Waals surface area contributed by atoms with Crippen LogP contribution >= 0.6 is 0 Å². The Labute approximate surface area is 96.6 Å². The van der Waals surface area contributed by atoms with E-state index < -0.39 is 0 Å². The number of amides is 1. The van der Waals surface area contributed by atoms with Crippen LogP contribution in [0.15, 0.2) is 24.3 Å². The maximum absolute atomic E-state index is 10.8. The second-order valence-corrected chi connectivity index (χ2v) is 3.99. The Morgan fingerprint density at radius 1 is 1.38 bits per heavy atom. The van der Waals surface area contributed by atoms with Gasteiger partial charge in [0.05, 0.1) is 6.61 Å². The first-order valence-corrected chi connectivity index (χ1v) is 5.64. The summed E-state index contributed by atoms with van der Waals surface area (Å²) in [5.41, 5.74) is 6.28. The number of benzene rings is 1. The molecule has 0 aliphatic heterocycles. The molecule has 1 rings (SSSR count). The van der Waals surface area contributed by atoms with E-state index in [4.69, 9.17) is 10.5 Å². The van der Waals surface area contributed by atoms with Crippen LogP contribution in [0, 0.1) is 0 Å². The van der Waals surface area contributed by atoms with Crippen molar-refractivity contribution in [1.29, 1.82) is 0 Å². The van der Waals surface area contributed by atoms with Crippen LogP contribution in [0.3, 0.4) is 0 Å². The van der Waals surface area contributed by atoms with E-state index in [2.05, 4.69) is 6.92 Å². The molecule has 3 heteroatoms. The van der Waals surface area contributed by atoms with Crippen molar-refractivity contribution in [3.8, 4) is 5.75 Å². The summed E-state index contributed by atoms with van der Waals surface area (Å²) >= 11 is 0. The monoisotopic (exact) mass is 221 g/mol. The summed E-state index contributed by atoms with van der Waals surface area (Å²) in [4.78, 5) is 10.8. The van der Waals surface area contributed by atoms with E-state index in [1.165, 1.54) is 0 Å². The number of carbonyl (C=O) groups excluding carboxylic acids is 1. The quantitative estimate of drug-likeness (QED) is 0.802. The highest BCUT2D eigenvalue weighted by molar-refractivity contribution is 5.74. The van der Waals surface area contributed by atoms with Crippen molar-refractivity contribution in [2.45, 2.75) is 32.6 Å². The molecule has 1 amide bonds. The van der Waals surface area contributed by atoms with Crippen molar-refractivity contribution >= 4 is 5.91 Å². The summed E-state index contributed by atoms with van der Waals surface area (Å²) in [6.07, 6.45) is 1.38. The molecule has 1 aromatic carbocycles. The fourth-order valence-corrected chi connectivity index (χ4v) is 1.53. The normalized spacial score (nSPS) is 12.1. The van der Waals surface area contributed by atoms with E-state index >= 15 is 0 Å². The van der Waals surface area contributed by atoms with Crippen LogP contribution in [0.25, 0.3) is 0 Å². The van der Waals surface area contributed by atoms with Crippen molar-refractivity contribution in [3.05, 3.63) is 29.8 Å². The number of hydrogen-bond donors (Lipinski definition) is 1. The smallest absolute Gasteiger partial charge is 0.218 e. The predicted octanol–water partition coefficient (Wildman–Crippen LogP) is 2.45. The third kappa shape index (κ3) is 3.93. The van der Waals surface area contributed by atoms with Crippen LogP contribution < -0.4 is 10.5 Å². The number of carbonyl (C=O) groups is 1. The zero-order valence-electron chi connectivity index (χ0n) is 9.90. The Hall–Kier alpha value is -1.51. The molecule has 0 aliphatic rings. The lowest BCUT2D eigenvalue weighted by Gasteiger charge is -2.10. The Balaban J connectivity index is 2.59. The molecule has 0 bridgehead atoms. The molecule has 1 unspecified atom stereocenters. The fraction of sp³-hybridized carbons (Fsp3) is 0.462. The molecule has 1 aromatic rings. The molecule has 16 heavy (non-hydrogen) atoms. The molecule has 2 N–H and O–H groups in total. The molecule has 88 valence electrons. The van der Waals surface area contributed by atoms with Gasteiger partial charge in [-0.3, -0.25) is 4.79 Å². The van der Waals surface area contributed by atoms with E-state index in [0.29, 0.717) is 6.42 Å². The Morgan fingerprint density at radius 3 is 2.50 bits per heavy atom. The number of ether oxygens (including phenoxy) is 1. The van der Waals surface area contributed by atoms with Gasteiger partial charge in [-0.1, -0.05) is 26.0 Å². The molecule has 0 radical (unpaired) electrons. The topological polar surface area (TPSA) is 52.3 Å². The van der Waals surface area contributed by atoms with Gasteiger partial charge in [0.1, 0.15) is 5.75 Å². The molecule has 0 spiro atoms. The van der Waals surface area contributed by atoms with Crippen molar-refractivity contribution in [1.82, 2.24) is 0 Å². The van der Waals surface area contributed by atoms with Crippen molar-refractivity contribution in [2.75, 3.05) is 6.61 Å². The van der Waals surface area contributed by atoms with Crippen LogP contribution in [0.5, 0.6) is 5.75 Å². The van der Waals surface area contributed by atoms with Gasteiger partial charge in [0.25, 0.3) is 0 Å². The summed E-state index contributed by atoms with van der Waals surface area (Å²) in [6, 6.07) is 7.84. The van der Waals surface area contributed by atoms with Gasteiger partial charge in [-0.05, 0) is 30.0 Å². The molecule has 3 nitrogen and oxygen atoms in total. The third-order valence-corrected chi connectivity index (χ3v) is 2.43. The SMILES string of the molecule is CCCOc1ccc(C(C)CC(N)=O)cc1. The molecular weight excluding hydrogens is 202 g/mol. The number of hydrogen-bond acceptors (Lipinski definition) is 2. The first-order chi connectivity index (χ1) is 7.63. The van der Waals surface area contributed by atoms with Gasteiger partial charge in [-0.25, -0.2) is 0 Å². The van der Waals surface area contributed by atoms with E-state index in [9.17, 15) is 4.79 Å². The van der Waals surface area contributed by atoms with E-state index in [0.717, 1.165) is 24.3 Å². The largest absolute Gasteiger partial charge is 0.494 e. The summed E-state index contributed by atoms with van der Waals surface area (Å²) in [5.74, 6) is 0.772. The lowest BCUT2D eigenvalue weighted by molar-refractivity contribution is -0.118. The standard InChI is InChI=1S/C13H19NO2/c1-3-8-16-12-6-4-11(5-7-12)10(2)9-13(14)15/h4-7,10H,3,8-9H2,1-2H3,(H2,14,15). The molecule has 0 heterocycles. The van der Waals surface area contributed by atoms with Crippen molar-refractivity contribution < 1.29 is 9.53 Å². The minimum absolute atomic E-state index is 0.165. The molecule has 0 saturated carbocycles. The summed E-state index contributed by atoms with van der Waals surface area (Å²) in [6.45, 7) is 4.80. The first-order valence-electron chi connectivity index (χ1n) is 5.64. The molecule has 0 aromatic heterocycles. The summed E-state index contributed by atoms with van der Waals surface area (Å²) in [7, 11) is 0. The van der Waals surface area contributed by atoms with E-state index in [1.54, 1.807) is 0 Å². The Kier molecular flexibility index (Phi) is 4.83. The molecular formula is C13H19NO2. The minimum atomic E-state index is -0.265. The third-order valence-electron chi connectivity index (χ3n) is 2.43. The molecule has 1 atom stereocenters. The van der Waals surface area contributed by atoms with E-state index in [1.807, 2.05) is 31.2 Å². The zero-order chi connectivity index (χ0) is 12.0. The van der Waals surface area contributed by atoms with Gasteiger partial charge in [-0.2, -0.15) is 0 Å². The zero-order valence-corrected chi connectivity index (χ0v) is 9.90. The summed E-state index contributed by atoms with van der Waals surface area (Å²) in [5, 5.41) is 0. The van der Waals surface area contributed by atoms with Crippen LogP contribution in [-0.2, 0) is 4.79 Å². The van der Waals surface area contributed by atoms with Crippen LogP contribution in [-0.4, -0.2) is 12.5 Å². The second-order valence-electron chi connectivity index (χ2n) is 3.99. The number of rotatable bonds is 6. The highest BCUT2D eigenvalue weighted by atomic mass is 16.5. The Morgan fingerprint density at radius 2 is 2.00 bits per heavy atom. The average molecular weight is 221 g/mol. The predicted molar refractivity (Wildman–Crippen MR) is 64.5 cm³/mol. The summed E-state index contributed by atoms with van der Waals surface area (Å²) < 4.78 is 5.48. The van der Waals surface area contributed by atoms with Gasteiger partial charge >= 0.3 is 0 Å². The van der Waals surface area contributed by atoms with Gasteiger partial charge in [0.15, 0.2) is 0 Å². The van der Waals surface area contributed by atoms with Gasteiger partial charge in [0, 0.05) is 6.42 Å². The first kappa shape index (κ1) is 12.6. The lowest BCUT2D eigenvalue weighted by atomic mass is 9.97. The fourth-order valence-electron chi connectivity index (χ4n) is 1.53. The highest BCUT2D eigenvalue weighted by Crippen LogP contribution is 2.21. The van der Waals surface area contributed by atoms with Crippen molar-refractivity contribution in [3.63, 3.8) is 0 Å². The lowest BCUT2D eigenvalue weighted by Crippen LogP contribution is -2.13. The van der Waals surface area contributed by atoms with E-state index in [-0.39, 0.29) is 11.8 Å². The van der Waals surface area contributed by atoms with Crippen molar-refractivity contribution in [2.24, 2.45) is 5.73 Å². The minimum Gasteiger partial charge on any atom is -0.494 e. The number of primary amides is 1. The second kappa shape index (κ2) is 6.16. The van der Waals surface area contributed by atoms with Gasteiger partial charge in [0.2, 0.25) is 5.91 Å². The number of nitrogens with two attached hydrogens (primary N) is 1. The maximum Gasteiger partial charge on any atom is 0.218 e. The van der Waals surface area contributed by atoms with Crippen LogP contribution in [0.4, 0.5) is 0 Å². The van der Waals surface area contributed by atoms with Crippen LogP contribution in [0.1, 0.15) is 38.2 Å². The molecule has 0 aliphatic carbocycles. The van der Waals surface area contributed by atoms with Gasteiger partial charge < -0.3 is 10.5 Å². The van der Waals surface area contributed by atoms with Gasteiger partial charge in [-0.15, -0.1) is 0 Å². The Bertz CT molecular complexity index is 332. The highest BCUT2D eigenvalue weighted by Gasteiger charge is 2.08. The maximum atomic E-state index is 10.8. The van der Waals surface area contributed by atoms with Crippen LogP contribution in [0.2, 0.25) is 0 Å².